The number of phenolic OH excluding ortho intramolecular Hbond substituents is 1. The third kappa shape index (κ3) is 3.28. The molecule has 5 heteroatoms. The zero-order valence-electron chi connectivity index (χ0n) is 13.9. The van der Waals surface area contributed by atoms with Crippen molar-refractivity contribution in [3.8, 4) is 11.8 Å². The molecule has 0 saturated heterocycles. The van der Waals surface area contributed by atoms with Crippen molar-refractivity contribution >= 4 is 11.4 Å². The van der Waals surface area contributed by atoms with E-state index in [9.17, 15) is 10.4 Å². The van der Waals surface area contributed by atoms with E-state index in [1.165, 1.54) is 0 Å². The number of nitriles is 1. The lowest BCUT2D eigenvalue weighted by atomic mass is 10.0. The Morgan fingerprint density at radius 2 is 2.29 bits per heavy atom. The molecule has 3 N–H and O–H groups in total. The zero-order valence-corrected chi connectivity index (χ0v) is 13.9. The highest BCUT2D eigenvalue weighted by Gasteiger charge is 2.27. The van der Waals surface area contributed by atoms with Gasteiger partial charge >= 0.3 is 0 Å². The van der Waals surface area contributed by atoms with Crippen molar-refractivity contribution in [3.05, 3.63) is 65.5 Å². The van der Waals surface area contributed by atoms with Crippen LogP contribution in [0.1, 0.15) is 12.5 Å². The van der Waals surface area contributed by atoms with E-state index in [-0.39, 0.29) is 5.75 Å². The van der Waals surface area contributed by atoms with Gasteiger partial charge in [-0.15, -0.1) is 0 Å². The number of anilines is 1. The van der Waals surface area contributed by atoms with Crippen molar-refractivity contribution in [3.63, 3.8) is 0 Å². The second-order valence-electron chi connectivity index (χ2n) is 5.29. The number of hydrogen-bond acceptors (Lipinski definition) is 5. The fourth-order valence-corrected chi connectivity index (χ4v) is 2.64. The Labute approximate surface area is 142 Å². The van der Waals surface area contributed by atoms with Crippen LogP contribution in [0.25, 0.3) is 5.70 Å². The van der Waals surface area contributed by atoms with Crippen LogP contribution in [0.3, 0.4) is 0 Å². The smallest absolute Gasteiger partial charge is 0.138 e. The van der Waals surface area contributed by atoms with Gasteiger partial charge in [-0.1, -0.05) is 12.7 Å². The molecule has 0 bridgehead atoms. The van der Waals surface area contributed by atoms with Crippen LogP contribution in [0, 0.1) is 11.3 Å². The molecular weight excluding hydrogens is 302 g/mol. The van der Waals surface area contributed by atoms with Gasteiger partial charge in [-0.05, 0) is 42.8 Å². The molecule has 1 heterocycles. The minimum atomic E-state index is 0.0355. The molecule has 0 aliphatic carbocycles. The van der Waals surface area contributed by atoms with Gasteiger partial charge in [-0.25, -0.2) is 0 Å². The molecule has 0 aromatic heterocycles. The summed E-state index contributed by atoms with van der Waals surface area (Å²) in [6.07, 6.45) is 5.28. The van der Waals surface area contributed by atoms with Crippen molar-refractivity contribution in [2.75, 3.05) is 25.9 Å². The van der Waals surface area contributed by atoms with Gasteiger partial charge in [-0.2, -0.15) is 5.26 Å². The number of nitrogens with zero attached hydrogens (tertiary/aromatic N) is 2. The highest BCUT2D eigenvalue weighted by atomic mass is 16.5. The van der Waals surface area contributed by atoms with Crippen LogP contribution in [0.15, 0.2) is 59.9 Å². The highest BCUT2D eigenvalue weighted by Crippen LogP contribution is 2.36. The fourth-order valence-electron chi connectivity index (χ4n) is 2.64. The first kappa shape index (κ1) is 17.2. The predicted molar refractivity (Wildman–Crippen MR) is 95.7 cm³/mol. The number of aromatic hydroxyl groups is 1. The van der Waals surface area contributed by atoms with Crippen LogP contribution >= 0.6 is 0 Å². The van der Waals surface area contributed by atoms with Crippen LogP contribution in [0.4, 0.5) is 5.69 Å². The summed E-state index contributed by atoms with van der Waals surface area (Å²) >= 11 is 0. The van der Waals surface area contributed by atoms with Gasteiger partial charge in [0.1, 0.15) is 17.6 Å². The number of nitrogen functional groups attached to an aromatic ring is 1. The van der Waals surface area contributed by atoms with Crippen LogP contribution in [0.5, 0.6) is 5.75 Å². The largest absolute Gasteiger partial charge is 0.506 e. The number of methoxy groups -OCH3 is 1. The lowest BCUT2D eigenvalue weighted by Gasteiger charge is -2.20. The molecule has 24 heavy (non-hydrogen) atoms. The van der Waals surface area contributed by atoms with Gasteiger partial charge in [0.05, 0.1) is 24.1 Å². The number of benzene rings is 1. The summed E-state index contributed by atoms with van der Waals surface area (Å²) < 4.78 is 5.16. The zero-order chi connectivity index (χ0) is 17.7. The molecular formula is C19H21N3O2. The van der Waals surface area contributed by atoms with E-state index in [2.05, 4.69) is 17.5 Å². The maximum atomic E-state index is 9.66. The Bertz CT molecular complexity index is 782. The standard InChI is InChI=1S/C19H21N3O2/c1-4-15(24-3)8-6-14-12-22(5-2)19(16(14)11-20)13-7-9-18(23)17(21)10-13/h4,6-10,23H,1,5,12,21H2,2-3H3/b14-6+,15-8+. The molecule has 5 nitrogen and oxygen atoms in total. The first-order chi connectivity index (χ1) is 11.5. The monoisotopic (exact) mass is 323 g/mol. The third-order valence-corrected chi connectivity index (χ3v) is 3.92. The second kappa shape index (κ2) is 7.42. The maximum Gasteiger partial charge on any atom is 0.138 e. The molecule has 2 rings (SSSR count). The predicted octanol–water partition coefficient (Wildman–Crippen LogP) is 3.19. The third-order valence-electron chi connectivity index (χ3n) is 3.92. The average molecular weight is 323 g/mol. The topological polar surface area (TPSA) is 82.5 Å². The molecule has 0 spiro atoms. The Hall–Kier alpha value is -3.13. The highest BCUT2D eigenvalue weighted by molar-refractivity contribution is 5.80. The molecule has 0 amide bonds. The first-order valence-corrected chi connectivity index (χ1v) is 7.61. The maximum absolute atomic E-state index is 9.66. The van der Waals surface area contributed by atoms with Gasteiger partial charge < -0.3 is 20.5 Å². The number of rotatable bonds is 5. The minimum absolute atomic E-state index is 0.0355. The van der Waals surface area contributed by atoms with Crippen LogP contribution < -0.4 is 5.73 Å². The van der Waals surface area contributed by atoms with Crippen molar-refractivity contribution in [1.82, 2.24) is 4.90 Å². The van der Waals surface area contributed by atoms with Gasteiger partial charge in [0.25, 0.3) is 0 Å². The molecule has 1 aromatic carbocycles. The Balaban J connectivity index is 2.56. The number of nitrogens with two attached hydrogens (primary N) is 1. The number of phenols is 1. The molecule has 1 aliphatic heterocycles. The van der Waals surface area contributed by atoms with E-state index < -0.39 is 0 Å². The van der Waals surface area contributed by atoms with Crippen molar-refractivity contribution < 1.29 is 9.84 Å². The molecule has 0 saturated carbocycles. The summed E-state index contributed by atoms with van der Waals surface area (Å²) in [6, 6.07) is 7.29. The normalized spacial score (nSPS) is 16.5. The molecule has 1 aliphatic rings. The summed E-state index contributed by atoms with van der Waals surface area (Å²) in [5, 5.41) is 19.3. The SMILES string of the molecule is C=C/C(=C\C=C1/CN(CC)C(c2ccc(O)c(N)c2)=C1C#N)OC. The van der Waals surface area contributed by atoms with Gasteiger partial charge in [-0.3, -0.25) is 0 Å². The van der Waals surface area contributed by atoms with E-state index in [1.54, 1.807) is 37.5 Å². The van der Waals surface area contributed by atoms with E-state index in [4.69, 9.17) is 10.5 Å². The van der Waals surface area contributed by atoms with Gasteiger partial charge in [0.15, 0.2) is 0 Å². The number of hydrogen-bond donors (Lipinski definition) is 2. The second-order valence-corrected chi connectivity index (χ2v) is 5.29. The van der Waals surface area contributed by atoms with Crippen molar-refractivity contribution in [2.24, 2.45) is 0 Å². The number of allylic oxidation sites excluding steroid dienone is 3. The number of likely N-dealkylation sites (N-methyl/N-ethyl adjacent to an activating group) is 1. The molecule has 1 aromatic rings. The summed E-state index contributed by atoms with van der Waals surface area (Å²) in [4.78, 5) is 2.10. The van der Waals surface area contributed by atoms with Crippen LogP contribution in [0.2, 0.25) is 0 Å². The lowest BCUT2D eigenvalue weighted by molar-refractivity contribution is 0.307. The minimum Gasteiger partial charge on any atom is -0.506 e. The molecule has 0 fully saturated rings. The van der Waals surface area contributed by atoms with Crippen molar-refractivity contribution in [1.29, 1.82) is 5.26 Å². The van der Waals surface area contributed by atoms with Gasteiger partial charge in [0.2, 0.25) is 0 Å². The van der Waals surface area contributed by atoms with Crippen molar-refractivity contribution in [2.45, 2.75) is 6.92 Å². The summed E-state index contributed by atoms with van der Waals surface area (Å²) in [5.74, 6) is 0.665. The lowest BCUT2D eigenvalue weighted by Crippen LogP contribution is -2.18. The number of ether oxygens (including phenoxy) is 1. The van der Waals surface area contributed by atoms with Crippen LogP contribution in [-0.4, -0.2) is 30.2 Å². The van der Waals surface area contributed by atoms with E-state index in [0.717, 1.165) is 23.4 Å². The summed E-state index contributed by atoms with van der Waals surface area (Å²) in [6.45, 7) is 7.09. The fraction of sp³-hybridized carbons (Fsp3) is 0.211. The Kier molecular flexibility index (Phi) is 5.33. The Morgan fingerprint density at radius 3 is 2.83 bits per heavy atom. The van der Waals surface area contributed by atoms with E-state index in [1.807, 2.05) is 13.0 Å². The van der Waals surface area contributed by atoms with Gasteiger partial charge in [0, 0.05) is 18.7 Å². The molecule has 0 radical (unpaired) electrons. The molecule has 0 unspecified atom stereocenters. The average Bonchev–Trinajstić information content (AvgIpc) is 2.96. The van der Waals surface area contributed by atoms with E-state index >= 15 is 0 Å². The summed E-state index contributed by atoms with van der Waals surface area (Å²) in [5.41, 5.74) is 9.23. The first-order valence-electron chi connectivity index (χ1n) is 7.61. The Morgan fingerprint density at radius 1 is 1.54 bits per heavy atom. The quantitative estimate of drug-likeness (QED) is 0.376. The molecule has 124 valence electrons. The van der Waals surface area contributed by atoms with Crippen LogP contribution in [-0.2, 0) is 4.74 Å². The summed E-state index contributed by atoms with van der Waals surface area (Å²) in [7, 11) is 1.57. The molecule has 0 atom stereocenters. The van der Waals surface area contributed by atoms with E-state index in [0.29, 0.717) is 23.6 Å².